The maximum absolute atomic E-state index is 11.2. The molecule has 0 spiro atoms. The molecule has 3 aromatic rings. The Morgan fingerprint density at radius 1 is 1.07 bits per heavy atom. The number of benzene rings is 2. The van der Waals surface area contributed by atoms with Crippen LogP contribution >= 0.6 is 0 Å². The normalized spacial score (nSPS) is 15.2. The monoisotopic (exact) mass is 373 g/mol. The molecule has 4 rings (SSSR count). The number of para-hydroxylation sites is 1. The van der Waals surface area contributed by atoms with Crippen molar-refractivity contribution in [1.29, 1.82) is 0 Å². The first-order chi connectivity index (χ1) is 13.5. The van der Waals surface area contributed by atoms with Gasteiger partial charge in [0, 0.05) is 41.8 Å². The fourth-order valence-corrected chi connectivity index (χ4v) is 3.58. The average Bonchev–Trinajstić information content (AvgIpc) is 2.98. The van der Waals surface area contributed by atoms with Crippen molar-refractivity contribution in [3.8, 4) is 0 Å². The Morgan fingerprint density at radius 2 is 1.79 bits per heavy atom. The number of carbonyl (C=O) groups excluding carboxylic acids is 1. The lowest BCUT2D eigenvalue weighted by atomic mass is 10.1. The summed E-state index contributed by atoms with van der Waals surface area (Å²) in [5.74, 6) is 1.36. The molecule has 1 amide bonds. The van der Waals surface area contributed by atoms with Crippen molar-refractivity contribution in [1.82, 2.24) is 9.97 Å². The molecular weight excluding hydrogens is 350 g/mol. The predicted molar refractivity (Wildman–Crippen MR) is 113 cm³/mol. The Morgan fingerprint density at radius 3 is 2.54 bits per heavy atom. The molecule has 142 valence electrons. The summed E-state index contributed by atoms with van der Waals surface area (Å²) in [5.41, 5.74) is 5.06. The summed E-state index contributed by atoms with van der Waals surface area (Å²) in [4.78, 5) is 22.8. The Hall–Kier alpha value is -3.41. The summed E-state index contributed by atoms with van der Waals surface area (Å²) in [7, 11) is 0. The van der Waals surface area contributed by atoms with Crippen LogP contribution in [-0.4, -0.2) is 21.9 Å². The molecule has 1 aliphatic heterocycles. The van der Waals surface area contributed by atoms with Crippen LogP contribution < -0.4 is 15.5 Å². The Bertz CT molecular complexity index is 1020. The highest BCUT2D eigenvalue weighted by Gasteiger charge is 2.29. The smallest absolute Gasteiger partial charge is 0.232 e. The zero-order valence-electron chi connectivity index (χ0n) is 16.2. The Labute approximate surface area is 164 Å². The zero-order chi connectivity index (χ0) is 19.7. The second-order valence-electron chi connectivity index (χ2n) is 7.13. The molecule has 1 aromatic heterocycles. The third kappa shape index (κ3) is 3.67. The van der Waals surface area contributed by atoms with Gasteiger partial charge in [-0.15, -0.1) is 0 Å². The van der Waals surface area contributed by atoms with Gasteiger partial charge in [-0.25, -0.2) is 4.98 Å². The lowest BCUT2D eigenvalue weighted by molar-refractivity contribution is -0.114. The van der Waals surface area contributed by atoms with Crippen molar-refractivity contribution in [3.05, 3.63) is 65.9 Å². The summed E-state index contributed by atoms with van der Waals surface area (Å²) < 4.78 is 0. The van der Waals surface area contributed by atoms with E-state index in [1.807, 2.05) is 37.3 Å². The molecule has 0 fully saturated rings. The quantitative estimate of drug-likeness (QED) is 0.701. The summed E-state index contributed by atoms with van der Waals surface area (Å²) in [6.07, 6.45) is 0.987. The van der Waals surface area contributed by atoms with Gasteiger partial charge in [0.05, 0.1) is 0 Å². The van der Waals surface area contributed by atoms with Crippen molar-refractivity contribution in [2.75, 3.05) is 15.5 Å². The van der Waals surface area contributed by atoms with Crippen LogP contribution in [0.25, 0.3) is 0 Å². The fraction of sp³-hybridized carbons (Fsp3) is 0.227. The van der Waals surface area contributed by atoms with Crippen molar-refractivity contribution in [3.63, 3.8) is 0 Å². The number of nitrogens with zero attached hydrogens (tertiary/aromatic N) is 3. The van der Waals surface area contributed by atoms with Gasteiger partial charge in [0.2, 0.25) is 11.9 Å². The summed E-state index contributed by atoms with van der Waals surface area (Å²) in [6, 6.07) is 18.2. The SMILES string of the molecule is CC(=O)Nc1ccc(Nc2cc(C)nc(N3c4ccccc4CC3C)n2)cc1. The van der Waals surface area contributed by atoms with E-state index in [2.05, 4.69) is 51.7 Å². The van der Waals surface area contributed by atoms with E-state index in [0.717, 1.165) is 29.3 Å². The highest BCUT2D eigenvalue weighted by molar-refractivity contribution is 5.88. The predicted octanol–water partition coefficient (Wildman–Crippen LogP) is 4.57. The number of hydrogen-bond acceptors (Lipinski definition) is 5. The minimum atomic E-state index is -0.0863. The maximum Gasteiger partial charge on any atom is 0.232 e. The van der Waals surface area contributed by atoms with E-state index in [-0.39, 0.29) is 5.91 Å². The molecular formula is C22H23N5O. The van der Waals surface area contributed by atoms with Gasteiger partial charge < -0.3 is 15.5 Å². The number of hydrogen-bond donors (Lipinski definition) is 2. The number of fused-ring (bicyclic) bond motifs is 1. The van der Waals surface area contributed by atoms with E-state index in [4.69, 9.17) is 4.98 Å². The first-order valence-corrected chi connectivity index (χ1v) is 9.37. The number of rotatable bonds is 4. The van der Waals surface area contributed by atoms with Gasteiger partial charge in [0.1, 0.15) is 5.82 Å². The molecule has 6 heteroatoms. The van der Waals surface area contributed by atoms with Gasteiger partial charge >= 0.3 is 0 Å². The van der Waals surface area contributed by atoms with Gasteiger partial charge in [-0.05, 0) is 56.2 Å². The second-order valence-corrected chi connectivity index (χ2v) is 7.13. The highest BCUT2D eigenvalue weighted by Crippen LogP contribution is 2.37. The minimum Gasteiger partial charge on any atom is -0.340 e. The van der Waals surface area contributed by atoms with Crippen LogP contribution in [0.4, 0.5) is 28.8 Å². The molecule has 1 atom stereocenters. The number of amides is 1. The molecule has 0 radical (unpaired) electrons. The summed E-state index contributed by atoms with van der Waals surface area (Å²) in [5, 5.41) is 6.10. The molecule has 2 N–H and O–H groups in total. The van der Waals surface area contributed by atoms with E-state index in [1.165, 1.54) is 18.2 Å². The molecule has 2 aromatic carbocycles. The molecule has 2 heterocycles. The molecule has 0 saturated heterocycles. The minimum absolute atomic E-state index is 0.0863. The van der Waals surface area contributed by atoms with Crippen LogP contribution in [0.2, 0.25) is 0 Å². The van der Waals surface area contributed by atoms with Crippen LogP contribution in [0.15, 0.2) is 54.6 Å². The van der Waals surface area contributed by atoms with E-state index >= 15 is 0 Å². The van der Waals surface area contributed by atoms with Gasteiger partial charge in [-0.2, -0.15) is 4.98 Å². The highest BCUT2D eigenvalue weighted by atomic mass is 16.1. The van der Waals surface area contributed by atoms with Crippen LogP contribution in [0, 0.1) is 6.92 Å². The third-order valence-corrected chi connectivity index (χ3v) is 4.74. The molecule has 1 aliphatic rings. The number of aromatic nitrogens is 2. The molecule has 28 heavy (non-hydrogen) atoms. The molecule has 0 bridgehead atoms. The summed E-state index contributed by atoms with van der Waals surface area (Å²) in [6.45, 7) is 5.66. The number of anilines is 5. The number of nitrogens with one attached hydrogen (secondary N) is 2. The van der Waals surface area contributed by atoms with Gasteiger partial charge in [0.25, 0.3) is 0 Å². The van der Waals surface area contributed by atoms with Crippen molar-refractivity contribution < 1.29 is 4.79 Å². The van der Waals surface area contributed by atoms with E-state index in [9.17, 15) is 4.79 Å². The van der Waals surface area contributed by atoms with Crippen LogP contribution in [0.1, 0.15) is 25.1 Å². The first kappa shape index (κ1) is 18.0. The third-order valence-electron chi connectivity index (χ3n) is 4.74. The van der Waals surface area contributed by atoms with Crippen molar-refractivity contribution in [2.24, 2.45) is 0 Å². The number of aryl methyl sites for hydroxylation is 1. The number of carbonyl (C=O) groups is 1. The molecule has 1 unspecified atom stereocenters. The topological polar surface area (TPSA) is 70.2 Å². The lowest BCUT2D eigenvalue weighted by Crippen LogP contribution is -2.26. The fourth-order valence-electron chi connectivity index (χ4n) is 3.58. The van der Waals surface area contributed by atoms with Crippen LogP contribution in [-0.2, 0) is 11.2 Å². The van der Waals surface area contributed by atoms with Crippen molar-refractivity contribution in [2.45, 2.75) is 33.2 Å². The summed E-state index contributed by atoms with van der Waals surface area (Å²) >= 11 is 0. The first-order valence-electron chi connectivity index (χ1n) is 9.37. The van der Waals surface area contributed by atoms with Gasteiger partial charge in [-0.1, -0.05) is 18.2 Å². The lowest BCUT2D eigenvalue weighted by Gasteiger charge is -2.23. The molecule has 6 nitrogen and oxygen atoms in total. The Balaban J connectivity index is 1.60. The standard InChI is InChI=1S/C22H23N5O/c1-14-12-21(25-19-10-8-18(9-11-19)24-16(3)28)26-22(23-14)27-15(2)13-17-6-4-5-7-20(17)27/h4-12,15H,13H2,1-3H3,(H,24,28)(H,23,25,26). The van der Waals surface area contributed by atoms with Crippen LogP contribution in [0.5, 0.6) is 0 Å². The van der Waals surface area contributed by atoms with E-state index in [0.29, 0.717) is 12.0 Å². The van der Waals surface area contributed by atoms with Crippen molar-refractivity contribution >= 4 is 34.7 Å². The molecule has 0 aliphatic carbocycles. The Kier molecular flexibility index (Phi) is 4.69. The van der Waals surface area contributed by atoms with E-state index in [1.54, 1.807) is 0 Å². The molecule has 0 saturated carbocycles. The largest absolute Gasteiger partial charge is 0.340 e. The van der Waals surface area contributed by atoms with Gasteiger partial charge in [-0.3, -0.25) is 4.79 Å². The zero-order valence-corrected chi connectivity index (χ0v) is 16.2. The van der Waals surface area contributed by atoms with Gasteiger partial charge in [0.15, 0.2) is 0 Å². The second kappa shape index (κ2) is 7.31. The maximum atomic E-state index is 11.2. The van der Waals surface area contributed by atoms with E-state index < -0.39 is 0 Å². The van der Waals surface area contributed by atoms with Crippen LogP contribution in [0.3, 0.4) is 0 Å². The average molecular weight is 373 g/mol.